The van der Waals surface area contributed by atoms with E-state index in [1.165, 1.54) is 25.7 Å². The molecule has 0 aromatic carbocycles. The average molecular weight is 482 g/mol. The summed E-state index contributed by atoms with van der Waals surface area (Å²) in [6, 6.07) is 0. The first-order chi connectivity index (χ1) is 12.1. The molecule has 154 valence electrons. The van der Waals surface area contributed by atoms with Gasteiger partial charge in [-0.05, 0) is 45.4 Å². The Morgan fingerprint density at radius 3 is 2.35 bits per heavy atom. The Morgan fingerprint density at radius 1 is 1.15 bits per heavy atom. The molecular formula is C19H39IN4O2. The predicted octanol–water partition coefficient (Wildman–Crippen LogP) is 3.01. The fourth-order valence-electron chi connectivity index (χ4n) is 3.54. The summed E-state index contributed by atoms with van der Waals surface area (Å²) in [5.74, 6) is 1.01. The van der Waals surface area contributed by atoms with Crippen LogP contribution in [-0.2, 0) is 9.53 Å². The molecule has 1 saturated carbocycles. The molecule has 1 rings (SSSR count). The molecule has 1 amide bonds. The third-order valence-corrected chi connectivity index (χ3v) is 5.16. The van der Waals surface area contributed by atoms with Crippen LogP contribution < -0.4 is 10.6 Å². The van der Waals surface area contributed by atoms with Crippen LogP contribution >= 0.6 is 24.0 Å². The topological polar surface area (TPSA) is 66.0 Å². The number of nitrogens with one attached hydrogen (secondary N) is 2. The molecule has 0 spiro atoms. The van der Waals surface area contributed by atoms with Crippen molar-refractivity contribution in [3.8, 4) is 0 Å². The minimum Gasteiger partial charge on any atom is -0.385 e. The Labute approximate surface area is 176 Å². The van der Waals surface area contributed by atoms with E-state index in [1.54, 1.807) is 7.11 Å². The number of halogens is 1. The van der Waals surface area contributed by atoms with Gasteiger partial charge in [-0.2, -0.15) is 0 Å². The van der Waals surface area contributed by atoms with E-state index in [9.17, 15) is 4.79 Å². The first-order valence-corrected chi connectivity index (χ1v) is 9.89. The van der Waals surface area contributed by atoms with E-state index < -0.39 is 0 Å². The number of ether oxygens (including phenoxy) is 1. The van der Waals surface area contributed by atoms with E-state index in [4.69, 9.17) is 9.73 Å². The van der Waals surface area contributed by atoms with Crippen molar-refractivity contribution in [3.05, 3.63) is 0 Å². The number of hydrogen-bond donors (Lipinski definition) is 2. The van der Waals surface area contributed by atoms with Crippen LogP contribution in [-0.4, -0.2) is 63.2 Å². The van der Waals surface area contributed by atoms with Crippen LogP contribution in [0, 0.1) is 5.41 Å². The van der Waals surface area contributed by atoms with Gasteiger partial charge in [-0.3, -0.25) is 9.79 Å². The minimum atomic E-state index is 0. The summed E-state index contributed by atoms with van der Waals surface area (Å²) in [6.45, 7) is 10.7. The molecule has 6 nitrogen and oxygen atoms in total. The van der Waals surface area contributed by atoms with Crippen molar-refractivity contribution in [1.82, 2.24) is 15.5 Å². The first kappa shape index (κ1) is 25.4. The molecule has 26 heavy (non-hydrogen) atoms. The minimum absolute atomic E-state index is 0. The molecule has 0 heterocycles. The van der Waals surface area contributed by atoms with Gasteiger partial charge in [0.15, 0.2) is 5.96 Å². The summed E-state index contributed by atoms with van der Waals surface area (Å²) >= 11 is 0. The highest BCUT2D eigenvalue weighted by Crippen LogP contribution is 2.41. The molecule has 0 aromatic heterocycles. The fraction of sp³-hybridized carbons (Fsp3) is 0.895. The highest BCUT2D eigenvalue weighted by molar-refractivity contribution is 14.0. The molecule has 7 heteroatoms. The first-order valence-electron chi connectivity index (χ1n) is 9.89. The van der Waals surface area contributed by atoms with Crippen molar-refractivity contribution in [2.24, 2.45) is 10.4 Å². The van der Waals surface area contributed by atoms with Gasteiger partial charge in [0.1, 0.15) is 0 Å². The molecule has 0 aromatic rings. The SMILES string of the molecule is CCNC(=NCC1(CCOC)CCCC1)NCCC(=O)N(CC)CC.I. The Hall–Kier alpha value is -0.570. The van der Waals surface area contributed by atoms with Crippen LogP contribution in [0.15, 0.2) is 4.99 Å². The van der Waals surface area contributed by atoms with Gasteiger partial charge in [0.2, 0.25) is 5.91 Å². The number of amides is 1. The third kappa shape index (κ3) is 8.88. The Balaban J connectivity index is 0.00000625. The maximum absolute atomic E-state index is 12.1. The number of nitrogens with zero attached hydrogens (tertiary/aromatic N) is 2. The predicted molar refractivity (Wildman–Crippen MR) is 119 cm³/mol. The maximum atomic E-state index is 12.1. The van der Waals surface area contributed by atoms with Gasteiger partial charge >= 0.3 is 0 Å². The summed E-state index contributed by atoms with van der Waals surface area (Å²) in [5.41, 5.74) is 0.287. The van der Waals surface area contributed by atoms with Crippen molar-refractivity contribution in [3.63, 3.8) is 0 Å². The van der Waals surface area contributed by atoms with Crippen molar-refractivity contribution in [1.29, 1.82) is 0 Å². The van der Waals surface area contributed by atoms with Crippen molar-refractivity contribution >= 4 is 35.8 Å². The molecule has 0 atom stereocenters. The van der Waals surface area contributed by atoms with Crippen LogP contribution in [0.3, 0.4) is 0 Å². The second-order valence-corrected chi connectivity index (χ2v) is 6.89. The Bertz CT molecular complexity index is 408. The van der Waals surface area contributed by atoms with Crippen LogP contribution in [0.4, 0.5) is 0 Å². The van der Waals surface area contributed by atoms with Crippen LogP contribution in [0.25, 0.3) is 0 Å². The quantitative estimate of drug-likeness (QED) is 0.270. The second-order valence-electron chi connectivity index (χ2n) is 6.89. The van der Waals surface area contributed by atoms with E-state index in [0.717, 1.165) is 45.2 Å². The molecule has 0 radical (unpaired) electrons. The largest absolute Gasteiger partial charge is 0.385 e. The zero-order valence-corrected chi connectivity index (χ0v) is 19.4. The summed E-state index contributed by atoms with van der Waals surface area (Å²) in [6.07, 6.45) is 6.64. The number of aliphatic imine (C=N–C) groups is 1. The van der Waals surface area contributed by atoms with E-state index in [2.05, 4.69) is 17.6 Å². The summed E-state index contributed by atoms with van der Waals surface area (Å²) in [5, 5.41) is 6.61. The van der Waals surface area contributed by atoms with Crippen LogP contribution in [0.2, 0.25) is 0 Å². The normalized spacial score (nSPS) is 16.1. The zero-order valence-electron chi connectivity index (χ0n) is 17.1. The molecule has 0 saturated heterocycles. The summed E-state index contributed by atoms with van der Waals surface area (Å²) in [4.78, 5) is 18.8. The lowest BCUT2D eigenvalue weighted by molar-refractivity contribution is -0.130. The third-order valence-electron chi connectivity index (χ3n) is 5.16. The number of rotatable bonds is 11. The number of guanidine groups is 1. The Morgan fingerprint density at radius 2 is 1.81 bits per heavy atom. The van der Waals surface area contributed by atoms with Gasteiger partial charge in [-0.15, -0.1) is 24.0 Å². The zero-order chi connectivity index (χ0) is 18.5. The molecule has 0 bridgehead atoms. The van der Waals surface area contributed by atoms with E-state index in [0.29, 0.717) is 13.0 Å². The van der Waals surface area contributed by atoms with Gasteiger partial charge in [0.25, 0.3) is 0 Å². The summed E-state index contributed by atoms with van der Waals surface area (Å²) in [7, 11) is 1.77. The highest BCUT2D eigenvalue weighted by Gasteiger charge is 2.33. The average Bonchev–Trinajstić information content (AvgIpc) is 3.08. The molecule has 2 N–H and O–H groups in total. The lowest BCUT2D eigenvalue weighted by atomic mass is 9.83. The van der Waals surface area contributed by atoms with Crippen LogP contribution in [0.1, 0.15) is 59.3 Å². The smallest absolute Gasteiger partial charge is 0.224 e. The van der Waals surface area contributed by atoms with Crippen molar-refractivity contribution in [2.45, 2.75) is 59.3 Å². The molecule has 1 aliphatic carbocycles. The highest BCUT2D eigenvalue weighted by atomic mass is 127. The van der Waals surface area contributed by atoms with Gasteiger partial charge in [0, 0.05) is 52.9 Å². The lowest BCUT2D eigenvalue weighted by Crippen LogP contribution is -2.40. The van der Waals surface area contributed by atoms with Gasteiger partial charge in [-0.25, -0.2) is 0 Å². The number of methoxy groups -OCH3 is 1. The fourth-order valence-corrected chi connectivity index (χ4v) is 3.54. The number of carbonyl (C=O) groups is 1. The van der Waals surface area contributed by atoms with Crippen LogP contribution in [0.5, 0.6) is 0 Å². The summed E-state index contributed by atoms with van der Waals surface area (Å²) < 4.78 is 5.30. The van der Waals surface area contributed by atoms with Gasteiger partial charge in [-0.1, -0.05) is 12.8 Å². The van der Waals surface area contributed by atoms with Crippen molar-refractivity contribution in [2.75, 3.05) is 46.4 Å². The van der Waals surface area contributed by atoms with Crippen molar-refractivity contribution < 1.29 is 9.53 Å². The molecule has 0 aliphatic heterocycles. The molecule has 0 unspecified atom stereocenters. The van der Waals surface area contributed by atoms with Gasteiger partial charge < -0.3 is 20.3 Å². The molecule has 1 fully saturated rings. The van der Waals surface area contributed by atoms with E-state index in [1.807, 2.05) is 18.7 Å². The lowest BCUT2D eigenvalue weighted by Gasteiger charge is -2.27. The molecule has 1 aliphatic rings. The van der Waals surface area contributed by atoms with E-state index >= 15 is 0 Å². The Kier molecular flexibility index (Phi) is 14.2. The number of hydrogen-bond acceptors (Lipinski definition) is 3. The monoisotopic (exact) mass is 482 g/mol. The standard InChI is InChI=1S/C19H38N4O2.HI/c1-5-20-18(21-14-10-17(24)23(6-2)7-3)22-16-19(13-15-25-4)11-8-9-12-19;/h5-16H2,1-4H3,(H2,20,21,22);1H. The van der Waals surface area contributed by atoms with Gasteiger partial charge in [0.05, 0.1) is 0 Å². The maximum Gasteiger partial charge on any atom is 0.224 e. The van der Waals surface area contributed by atoms with E-state index in [-0.39, 0.29) is 35.3 Å². The number of carbonyl (C=O) groups excluding carboxylic acids is 1. The second kappa shape index (κ2) is 14.5. The molecular weight excluding hydrogens is 443 g/mol.